The molecule has 0 fully saturated rings. The number of aromatic nitrogens is 1. The van der Waals surface area contributed by atoms with Crippen LogP contribution < -0.4 is 5.32 Å². The Labute approximate surface area is 108 Å². The minimum Gasteiger partial charge on any atom is -0.464 e. The number of nitrogens with zero attached hydrogens (tertiary/aromatic N) is 1. The van der Waals surface area contributed by atoms with Crippen molar-refractivity contribution in [3.63, 3.8) is 0 Å². The summed E-state index contributed by atoms with van der Waals surface area (Å²) in [6.07, 6.45) is 3.26. The fourth-order valence-electron chi connectivity index (χ4n) is 1.07. The Bertz CT molecular complexity index is 497. The minimum absolute atomic E-state index is 0.0724. The maximum atomic E-state index is 11.1. The van der Waals surface area contributed by atoms with Crippen LogP contribution in [0.25, 0.3) is 0 Å². The highest BCUT2D eigenvalue weighted by Crippen LogP contribution is 2.04. The Morgan fingerprint density at radius 3 is 2.78 bits per heavy atom. The highest BCUT2D eigenvalue weighted by atomic mass is 35.5. The Hall–Kier alpha value is -2.05. The number of pyridine rings is 1. The SMILES string of the molecule is COC(=O)C(=N)/C(C=O)=C\[NH2+]c1ccc(Cl)nc1. The van der Waals surface area contributed by atoms with Crippen molar-refractivity contribution in [2.24, 2.45) is 0 Å². The highest BCUT2D eigenvalue weighted by Gasteiger charge is 2.15. The van der Waals surface area contributed by atoms with Crippen LogP contribution in [0.1, 0.15) is 0 Å². The lowest BCUT2D eigenvalue weighted by Gasteiger charge is -2.00. The average molecular weight is 269 g/mol. The van der Waals surface area contributed by atoms with E-state index < -0.39 is 11.7 Å². The molecule has 0 spiro atoms. The number of aldehydes is 1. The van der Waals surface area contributed by atoms with Crippen molar-refractivity contribution in [1.82, 2.24) is 4.98 Å². The van der Waals surface area contributed by atoms with E-state index in [4.69, 9.17) is 17.0 Å². The summed E-state index contributed by atoms with van der Waals surface area (Å²) >= 11 is 5.62. The number of esters is 1. The molecule has 0 bridgehead atoms. The molecule has 1 aromatic rings. The van der Waals surface area contributed by atoms with Gasteiger partial charge in [0.05, 0.1) is 13.3 Å². The lowest BCUT2D eigenvalue weighted by Crippen LogP contribution is -2.71. The van der Waals surface area contributed by atoms with Crippen molar-refractivity contribution in [2.75, 3.05) is 7.11 Å². The second-order valence-corrected chi connectivity index (χ2v) is 3.57. The van der Waals surface area contributed by atoms with E-state index >= 15 is 0 Å². The van der Waals surface area contributed by atoms with Gasteiger partial charge in [0.1, 0.15) is 16.9 Å². The van der Waals surface area contributed by atoms with E-state index in [1.807, 2.05) is 0 Å². The van der Waals surface area contributed by atoms with Gasteiger partial charge in [-0.3, -0.25) is 15.5 Å². The largest absolute Gasteiger partial charge is 0.464 e. The summed E-state index contributed by atoms with van der Waals surface area (Å²) in [6, 6.07) is 3.28. The van der Waals surface area contributed by atoms with Gasteiger partial charge in [0.2, 0.25) is 0 Å². The normalized spacial score (nSPS) is 10.9. The van der Waals surface area contributed by atoms with Crippen LogP contribution in [0.2, 0.25) is 5.15 Å². The number of hydrogen-bond donors (Lipinski definition) is 2. The monoisotopic (exact) mass is 268 g/mol. The molecule has 7 heteroatoms. The molecule has 0 aliphatic heterocycles. The molecule has 6 nitrogen and oxygen atoms in total. The Morgan fingerprint density at radius 1 is 1.56 bits per heavy atom. The standard InChI is InChI=1S/C11H10ClN3O3/c1-18-11(17)10(13)7(6-16)4-14-8-2-3-9(12)15-5-8/h2-6,13-14H,1H3/p+1/b7-4-,13-10?. The first kappa shape index (κ1) is 14.0. The molecule has 1 rings (SSSR count). The Morgan fingerprint density at radius 2 is 2.28 bits per heavy atom. The number of carbonyl (C=O) groups is 2. The zero-order valence-electron chi connectivity index (χ0n) is 9.51. The fraction of sp³-hybridized carbons (Fsp3) is 0.0909. The maximum Gasteiger partial charge on any atom is 0.356 e. The van der Waals surface area contributed by atoms with Crippen molar-refractivity contribution in [3.05, 3.63) is 35.3 Å². The molecule has 3 N–H and O–H groups in total. The summed E-state index contributed by atoms with van der Waals surface area (Å²) < 4.78 is 4.36. The summed E-state index contributed by atoms with van der Waals surface area (Å²) in [6.45, 7) is 0. The van der Waals surface area contributed by atoms with Gasteiger partial charge < -0.3 is 4.74 Å². The molecule has 0 aliphatic rings. The third-order valence-electron chi connectivity index (χ3n) is 2.01. The van der Waals surface area contributed by atoms with E-state index in [1.54, 1.807) is 17.4 Å². The second-order valence-electron chi connectivity index (χ2n) is 3.19. The molecule has 1 heterocycles. The van der Waals surface area contributed by atoms with Crippen LogP contribution in [0, 0.1) is 5.41 Å². The van der Waals surface area contributed by atoms with E-state index in [1.165, 1.54) is 12.4 Å². The van der Waals surface area contributed by atoms with E-state index in [2.05, 4.69) is 9.72 Å². The number of halogens is 1. The molecular weight excluding hydrogens is 258 g/mol. The predicted molar refractivity (Wildman–Crippen MR) is 64.7 cm³/mol. The molecule has 0 amide bonds. The first-order valence-electron chi connectivity index (χ1n) is 4.87. The molecule has 0 unspecified atom stereocenters. The average Bonchev–Trinajstić information content (AvgIpc) is 2.40. The molecule has 1 aromatic heterocycles. The van der Waals surface area contributed by atoms with Gasteiger partial charge in [-0.05, 0) is 6.07 Å². The Kier molecular flexibility index (Phi) is 5.16. The number of carbonyl (C=O) groups excluding carboxylic acids is 2. The van der Waals surface area contributed by atoms with E-state index in [0.29, 0.717) is 17.1 Å². The van der Waals surface area contributed by atoms with Crippen LogP contribution in [-0.4, -0.2) is 30.1 Å². The quantitative estimate of drug-likeness (QED) is 0.262. The number of methoxy groups -OCH3 is 1. The third kappa shape index (κ3) is 3.76. The van der Waals surface area contributed by atoms with E-state index in [-0.39, 0.29) is 5.57 Å². The van der Waals surface area contributed by atoms with E-state index in [9.17, 15) is 9.59 Å². The van der Waals surface area contributed by atoms with Crippen LogP contribution in [0.3, 0.4) is 0 Å². The maximum absolute atomic E-state index is 11.1. The second kappa shape index (κ2) is 6.63. The number of quaternary nitrogens is 1. The third-order valence-corrected chi connectivity index (χ3v) is 2.23. The van der Waals surface area contributed by atoms with Crippen molar-refractivity contribution >= 4 is 35.3 Å². The summed E-state index contributed by atoms with van der Waals surface area (Å²) in [4.78, 5) is 25.7. The molecule has 0 aromatic carbocycles. The first-order valence-corrected chi connectivity index (χ1v) is 5.25. The number of nitrogens with two attached hydrogens (primary N) is 1. The number of ether oxygens (including phenoxy) is 1. The van der Waals surface area contributed by atoms with Gasteiger partial charge in [-0.25, -0.2) is 9.78 Å². The minimum atomic E-state index is -0.865. The van der Waals surface area contributed by atoms with E-state index in [0.717, 1.165) is 7.11 Å². The number of rotatable bonds is 5. The van der Waals surface area contributed by atoms with Crippen molar-refractivity contribution in [1.29, 1.82) is 5.41 Å². The van der Waals surface area contributed by atoms with Gasteiger partial charge in [-0.1, -0.05) is 11.6 Å². The van der Waals surface area contributed by atoms with Crippen LogP contribution >= 0.6 is 11.6 Å². The predicted octanol–water partition coefficient (Wildman–Crippen LogP) is 0.205. The van der Waals surface area contributed by atoms with Gasteiger partial charge in [-0.15, -0.1) is 0 Å². The van der Waals surface area contributed by atoms with Gasteiger partial charge in [0.25, 0.3) is 0 Å². The molecule has 0 saturated heterocycles. The topological polar surface area (TPSA) is 96.7 Å². The molecule has 0 atom stereocenters. The summed E-state index contributed by atoms with van der Waals surface area (Å²) in [7, 11) is 1.14. The highest BCUT2D eigenvalue weighted by molar-refractivity contribution is 6.46. The van der Waals surface area contributed by atoms with Crippen molar-refractivity contribution < 1.29 is 19.6 Å². The van der Waals surface area contributed by atoms with Gasteiger partial charge in [0.15, 0.2) is 17.7 Å². The fourth-order valence-corrected chi connectivity index (χ4v) is 1.19. The van der Waals surface area contributed by atoms with Gasteiger partial charge >= 0.3 is 5.97 Å². The number of hydrogen-bond acceptors (Lipinski definition) is 5. The lowest BCUT2D eigenvalue weighted by atomic mass is 10.2. The molecule has 0 radical (unpaired) electrons. The summed E-state index contributed by atoms with van der Waals surface area (Å²) in [5.41, 5.74) is 0.124. The van der Waals surface area contributed by atoms with Gasteiger partial charge in [-0.2, -0.15) is 0 Å². The molecular formula is C11H11ClN3O3+. The van der Waals surface area contributed by atoms with Crippen molar-refractivity contribution in [3.8, 4) is 0 Å². The van der Waals surface area contributed by atoms with Crippen LogP contribution in [-0.2, 0) is 14.3 Å². The number of nitrogens with one attached hydrogen (secondary N) is 1. The smallest absolute Gasteiger partial charge is 0.356 e. The van der Waals surface area contributed by atoms with Crippen molar-refractivity contribution in [2.45, 2.75) is 0 Å². The zero-order chi connectivity index (χ0) is 13.5. The lowest BCUT2D eigenvalue weighted by molar-refractivity contribution is -0.496. The zero-order valence-corrected chi connectivity index (χ0v) is 10.3. The van der Waals surface area contributed by atoms with Gasteiger partial charge in [0, 0.05) is 6.07 Å². The van der Waals surface area contributed by atoms with Crippen LogP contribution in [0.5, 0.6) is 0 Å². The first-order chi connectivity index (χ1) is 8.58. The molecule has 0 saturated carbocycles. The molecule has 94 valence electrons. The van der Waals surface area contributed by atoms with Crippen LogP contribution in [0.15, 0.2) is 30.1 Å². The molecule has 0 aliphatic carbocycles. The molecule has 18 heavy (non-hydrogen) atoms. The van der Waals surface area contributed by atoms with Crippen LogP contribution in [0.4, 0.5) is 5.69 Å². The summed E-state index contributed by atoms with van der Waals surface area (Å²) in [5, 5.41) is 9.32. The Balaban J connectivity index is 2.80. The summed E-state index contributed by atoms with van der Waals surface area (Å²) in [5.74, 6) is -0.865.